The molecule has 1 N–H and O–H groups in total. The number of anilines is 1. The Morgan fingerprint density at radius 2 is 1.93 bits per heavy atom. The van der Waals surface area contributed by atoms with Crippen LogP contribution in [0.25, 0.3) is 0 Å². The Morgan fingerprint density at radius 3 is 2.67 bits per heavy atom. The second-order valence-electron chi connectivity index (χ2n) is 6.84. The molecule has 0 radical (unpaired) electrons. The van der Waals surface area contributed by atoms with E-state index in [4.69, 9.17) is 14.2 Å². The van der Waals surface area contributed by atoms with Crippen molar-refractivity contribution < 1.29 is 23.8 Å². The Bertz CT molecular complexity index is 905. The molecule has 1 atom stereocenters. The van der Waals surface area contributed by atoms with Crippen molar-refractivity contribution in [1.29, 1.82) is 0 Å². The summed E-state index contributed by atoms with van der Waals surface area (Å²) in [4.78, 5) is 28.0. The lowest BCUT2D eigenvalue weighted by atomic mass is 10.2. The lowest BCUT2D eigenvalue weighted by Gasteiger charge is -2.31. The maximum atomic E-state index is 13.0. The molecule has 1 heterocycles. The fourth-order valence-corrected chi connectivity index (χ4v) is 4.04. The first-order valence-corrected chi connectivity index (χ1v) is 10.6. The van der Waals surface area contributed by atoms with E-state index in [2.05, 4.69) is 5.32 Å². The molecule has 0 spiro atoms. The molecule has 0 bridgehead atoms. The van der Waals surface area contributed by atoms with Gasteiger partial charge in [0.1, 0.15) is 0 Å². The second kappa shape index (κ2) is 10.4. The first-order chi connectivity index (χ1) is 14.5. The van der Waals surface area contributed by atoms with Crippen LogP contribution in [-0.2, 0) is 9.53 Å². The fourth-order valence-electron chi connectivity index (χ4n) is 3.20. The molecule has 160 valence electrons. The molecule has 1 saturated heterocycles. The third kappa shape index (κ3) is 5.46. The number of nitrogens with zero attached hydrogens (tertiary/aromatic N) is 1. The van der Waals surface area contributed by atoms with Crippen LogP contribution >= 0.6 is 11.8 Å². The zero-order valence-corrected chi connectivity index (χ0v) is 18.2. The number of nitrogens with one attached hydrogen (secondary N) is 1. The van der Waals surface area contributed by atoms with Crippen LogP contribution in [0.5, 0.6) is 11.5 Å². The third-order valence-corrected chi connectivity index (χ3v) is 5.75. The normalized spacial score (nSPS) is 16.1. The first kappa shape index (κ1) is 22.0. The molecular formula is C22H26N2O5S. The zero-order valence-electron chi connectivity index (χ0n) is 17.3. The van der Waals surface area contributed by atoms with E-state index in [1.54, 1.807) is 43.4 Å². The molecule has 30 heavy (non-hydrogen) atoms. The van der Waals surface area contributed by atoms with Gasteiger partial charge < -0.3 is 24.4 Å². The number of methoxy groups -OCH3 is 2. The van der Waals surface area contributed by atoms with E-state index in [0.29, 0.717) is 42.4 Å². The van der Waals surface area contributed by atoms with Gasteiger partial charge in [0.2, 0.25) is 5.91 Å². The van der Waals surface area contributed by atoms with Gasteiger partial charge in [-0.05, 0) is 31.2 Å². The van der Waals surface area contributed by atoms with Gasteiger partial charge in [0.05, 0.1) is 38.2 Å². The van der Waals surface area contributed by atoms with E-state index in [1.165, 1.54) is 11.8 Å². The van der Waals surface area contributed by atoms with E-state index in [0.717, 1.165) is 4.90 Å². The van der Waals surface area contributed by atoms with Crippen LogP contribution in [0.3, 0.4) is 0 Å². The number of hydrogen-bond donors (Lipinski definition) is 1. The van der Waals surface area contributed by atoms with Crippen LogP contribution in [0.15, 0.2) is 47.4 Å². The Morgan fingerprint density at radius 1 is 1.17 bits per heavy atom. The van der Waals surface area contributed by atoms with Crippen LogP contribution < -0.4 is 14.8 Å². The highest BCUT2D eigenvalue weighted by molar-refractivity contribution is 8.00. The molecule has 1 aliphatic heterocycles. The molecule has 8 heteroatoms. The average molecular weight is 431 g/mol. The van der Waals surface area contributed by atoms with Gasteiger partial charge in [-0.2, -0.15) is 0 Å². The van der Waals surface area contributed by atoms with Crippen LogP contribution in [0.2, 0.25) is 0 Å². The average Bonchev–Trinajstić information content (AvgIpc) is 2.77. The predicted molar refractivity (Wildman–Crippen MR) is 117 cm³/mol. The molecule has 7 nitrogen and oxygen atoms in total. The fraction of sp³-hybridized carbons (Fsp3) is 0.364. The van der Waals surface area contributed by atoms with Gasteiger partial charge in [-0.15, -0.1) is 11.8 Å². The van der Waals surface area contributed by atoms with Crippen molar-refractivity contribution in [3.8, 4) is 11.5 Å². The van der Waals surface area contributed by atoms with Crippen molar-refractivity contribution in [1.82, 2.24) is 4.90 Å². The molecule has 2 amide bonds. The monoisotopic (exact) mass is 430 g/mol. The summed E-state index contributed by atoms with van der Waals surface area (Å²) in [6, 6.07) is 12.6. The molecule has 2 aromatic rings. The predicted octanol–water partition coefficient (Wildman–Crippen LogP) is 3.30. The highest BCUT2D eigenvalue weighted by Crippen LogP contribution is 2.30. The molecule has 2 aromatic carbocycles. The summed E-state index contributed by atoms with van der Waals surface area (Å²) in [7, 11) is 3.10. The van der Waals surface area contributed by atoms with Gasteiger partial charge in [0.15, 0.2) is 11.5 Å². The van der Waals surface area contributed by atoms with Gasteiger partial charge in [0.25, 0.3) is 5.91 Å². The van der Waals surface area contributed by atoms with Crippen LogP contribution in [0.1, 0.15) is 17.3 Å². The molecular weight excluding hydrogens is 404 g/mol. The van der Waals surface area contributed by atoms with E-state index < -0.39 is 0 Å². The largest absolute Gasteiger partial charge is 0.493 e. The van der Waals surface area contributed by atoms with Crippen molar-refractivity contribution in [2.75, 3.05) is 45.0 Å². The number of hydrogen-bond acceptors (Lipinski definition) is 6. The Hall–Kier alpha value is -2.71. The minimum atomic E-state index is -0.172. The van der Waals surface area contributed by atoms with Crippen molar-refractivity contribution in [2.45, 2.75) is 17.9 Å². The third-order valence-electron chi connectivity index (χ3n) is 4.67. The maximum absolute atomic E-state index is 13.0. The molecule has 3 rings (SSSR count). The molecule has 0 aromatic heterocycles. The lowest BCUT2D eigenvalue weighted by molar-refractivity contribution is -0.113. The van der Waals surface area contributed by atoms with Gasteiger partial charge in [0, 0.05) is 29.7 Å². The summed E-state index contributed by atoms with van der Waals surface area (Å²) in [5.74, 6) is 1.11. The van der Waals surface area contributed by atoms with Gasteiger partial charge in [-0.25, -0.2) is 0 Å². The van der Waals surface area contributed by atoms with Crippen molar-refractivity contribution in [3.05, 3.63) is 48.0 Å². The number of ether oxygens (including phenoxy) is 3. The smallest absolute Gasteiger partial charge is 0.255 e. The quantitative estimate of drug-likeness (QED) is 0.680. The Kier molecular flexibility index (Phi) is 7.59. The Labute approximate surface area is 180 Å². The topological polar surface area (TPSA) is 77.1 Å². The summed E-state index contributed by atoms with van der Waals surface area (Å²) in [6.07, 6.45) is 0.0229. The highest BCUT2D eigenvalue weighted by atomic mass is 32.2. The van der Waals surface area contributed by atoms with Gasteiger partial charge in [-0.3, -0.25) is 9.59 Å². The zero-order chi connectivity index (χ0) is 21.5. The molecule has 1 aliphatic rings. The van der Waals surface area contributed by atoms with Gasteiger partial charge in [-0.1, -0.05) is 12.1 Å². The molecule has 1 unspecified atom stereocenters. The molecule has 1 fully saturated rings. The summed E-state index contributed by atoms with van der Waals surface area (Å²) < 4.78 is 16.0. The number of thioether (sulfide) groups is 1. The van der Waals surface area contributed by atoms with Crippen LogP contribution in [0.4, 0.5) is 5.69 Å². The SMILES string of the molecule is COc1ccc(NC(=O)CSc2ccccc2C(=O)N2CCOC(C)C2)cc1OC. The number of benzene rings is 2. The van der Waals surface area contributed by atoms with E-state index in [-0.39, 0.29) is 23.7 Å². The lowest BCUT2D eigenvalue weighted by Crippen LogP contribution is -2.44. The van der Waals surface area contributed by atoms with E-state index in [9.17, 15) is 9.59 Å². The van der Waals surface area contributed by atoms with Gasteiger partial charge >= 0.3 is 0 Å². The number of carbonyl (C=O) groups is 2. The second-order valence-corrected chi connectivity index (χ2v) is 7.85. The minimum Gasteiger partial charge on any atom is -0.493 e. The standard InChI is InChI=1S/C22H26N2O5S/c1-15-13-24(10-11-29-15)22(26)17-6-4-5-7-20(17)30-14-21(25)23-16-8-9-18(27-2)19(12-16)28-3/h4-9,12,15H,10-11,13-14H2,1-3H3,(H,23,25). The number of amides is 2. The van der Waals surface area contributed by atoms with Crippen molar-refractivity contribution in [2.24, 2.45) is 0 Å². The van der Waals surface area contributed by atoms with Crippen molar-refractivity contribution in [3.63, 3.8) is 0 Å². The van der Waals surface area contributed by atoms with Crippen LogP contribution in [0, 0.1) is 0 Å². The van der Waals surface area contributed by atoms with Crippen LogP contribution in [-0.4, -0.2) is 62.5 Å². The van der Waals surface area contributed by atoms with E-state index in [1.807, 2.05) is 25.1 Å². The molecule has 0 aliphatic carbocycles. The number of carbonyl (C=O) groups excluding carboxylic acids is 2. The summed E-state index contributed by atoms with van der Waals surface area (Å²) in [5, 5.41) is 2.85. The summed E-state index contributed by atoms with van der Waals surface area (Å²) >= 11 is 1.34. The van der Waals surface area contributed by atoms with E-state index >= 15 is 0 Å². The van der Waals surface area contributed by atoms with Crippen molar-refractivity contribution >= 4 is 29.3 Å². The minimum absolute atomic E-state index is 0.0229. The molecule has 0 saturated carbocycles. The first-order valence-electron chi connectivity index (χ1n) is 9.66. The summed E-state index contributed by atoms with van der Waals surface area (Å²) in [5.41, 5.74) is 1.22. The number of morpholine rings is 1. The number of rotatable bonds is 7. The maximum Gasteiger partial charge on any atom is 0.255 e. The Balaban J connectivity index is 1.63. The highest BCUT2D eigenvalue weighted by Gasteiger charge is 2.24. The summed E-state index contributed by atoms with van der Waals surface area (Å²) in [6.45, 7) is 3.63.